The highest BCUT2D eigenvalue weighted by molar-refractivity contribution is 6.36. The molecule has 184 valence electrons. The molecule has 8 heteroatoms. The summed E-state index contributed by atoms with van der Waals surface area (Å²) < 4.78 is 26.5. The van der Waals surface area contributed by atoms with Gasteiger partial charge >= 0.3 is 0 Å². The molecule has 0 unspecified atom stereocenters. The standard InChI is InChI=1S/C27H28Cl2FN3O2/c1-15(24-20(28)3-4-21(30)25(24)29)34-23-13-18(14-33-26(23)32)16-2-5-22-17(12-16)6-9-27(35-22)10-7-19(31)8-11-27/h2-5,12-15,19H,6-11,31H2,1H3,(H2,32,33)/t15-,19?,27?/m1/s1. The Bertz CT molecular complexity index is 1260. The summed E-state index contributed by atoms with van der Waals surface area (Å²) in [5.41, 5.74) is 15.5. The highest BCUT2D eigenvalue weighted by Gasteiger charge is 2.39. The number of pyridine rings is 1. The van der Waals surface area contributed by atoms with E-state index < -0.39 is 11.9 Å². The van der Waals surface area contributed by atoms with Gasteiger partial charge in [-0.25, -0.2) is 9.37 Å². The zero-order valence-corrected chi connectivity index (χ0v) is 21.0. The van der Waals surface area contributed by atoms with Crippen molar-refractivity contribution < 1.29 is 13.9 Å². The maximum absolute atomic E-state index is 14.0. The molecule has 1 atom stereocenters. The molecule has 5 nitrogen and oxygen atoms in total. The smallest absolute Gasteiger partial charge is 0.166 e. The van der Waals surface area contributed by atoms with Crippen molar-refractivity contribution in [3.8, 4) is 22.6 Å². The molecule has 4 N–H and O–H groups in total. The largest absolute Gasteiger partial charge is 0.487 e. The highest BCUT2D eigenvalue weighted by atomic mass is 35.5. The second kappa shape index (κ2) is 9.49. The Balaban J connectivity index is 1.38. The Hall–Kier alpha value is -2.54. The van der Waals surface area contributed by atoms with Crippen molar-refractivity contribution in [2.24, 2.45) is 5.73 Å². The van der Waals surface area contributed by atoms with Gasteiger partial charge in [-0.1, -0.05) is 29.3 Å². The predicted octanol–water partition coefficient (Wildman–Crippen LogP) is 6.88. The average Bonchev–Trinajstić information content (AvgIpc) is 2.85. The molecule has 1 aliphatic heterocycles. The molecule has 1 aliphatic carbocycles. The van der Waals surface area contributed by atoms with Crippen molar-refractivity contribution in [3.63, 3.8) is 0 Å². The van der Waals surface area contributed by atoms with Gasteiger partial charge in [-0.05, 0) is 86.9 Å². The molecular weight excluding hydrogens is 488 g/mol. The van der Waals surface area contributed by atoms with Crippen molar-refractivity contribution in [1.29, 1.82) is 0 Å². The molecule has 2 aliphatic rings. The number of benzene rings is 2. The number of aryl methyl sites for hydroxylation is 1. The van der Waals surface area contributed by atoms with E-state index in [0.717, 1.165) is 55.4 Å². The van der Waals surface area contributed by atoms with Gasteiger partial charge in [0.05, 0.1) is 5.02 Å². The lowest BCUT2D eigenvalue weighted by molar-refractivity contribution is 0.00657. The first-order valence-electron chi connectivity index (χ1n) is 11.9. The van der Waals surface area contributed by atoms with Crippen LogP contribution in [0, 0.1) is 5.82 Å². The van der Waals surface area contributed by atoms with Gasteiger partial charge in [0.15, 0.2) is 11.6 Å². The van der Waals surface area contributed by atoms with Crippen LogP contribution in [-0.4, -0.2) is 16.6 Å². The van der Waals surface area contributed by atoms with Crippen molar-refractivity contribution in [2.75, 3.05) is 5.73 Å². The third-order valence-corrected chi connectivity index (χ3v) is 7.90. The third kappa shape index (κ3) is 4.80. The molecule has 0 radical (unpaired) electrons. The molecule has 1 fully saturated rings. The number of nitrogen functional groups attached to an aromatic ring is 1. The van der Waals surface area contributed by atoms with E-state index in [4.69, 9.17) is 44.1 Å². The molecule has 5 rings (SSSR count). The van der Waals surface area contributed by atoms with Gasteiger partial charge < -0.3 is 20.9 Å². The van der Waals surface area contributed by atoms with Gasteiger partial charge in [0, 0.05) is 28.4 Å². The number of hydrogen-bond acceptors (Lipinski definition) is 5. The van der Waals surface area contributed by atoms with Crippen molar-refractivity contribution in [1.82, 2.24) is 4.98 Å². The van der Waals surface area contributed by atoms with E-state index in [1.807, 2.05) is 18.2 Å². The van der Waals surface area contributed by atoms with Crippen LogP contribution < -0.4 is 20.9 Å². The second-order valence-corrected chi connectivity index (χ2v) is 10.4. The number of aromatic nitrogens is 1. The first-order chi connectivity index (χ1) is 16.7. The summed E-state index contributed by atoms with van der Waals surface area (Å²) in [6.45, 7) is 1.74. The van der Waals surface area contributed by atoms with E-state index in [-0.39, 0.29) is 22.5 Å². The molecule has 3 aromatic rings. The van der Waals surface area contributed by atoms with Crippen LogP contribution in [0.15, 0.2) is 42.6 Å². The molecule has 1 saturated carbocycles. The first-order valence-corrected chi connectivity index (χ1v) is 12.6. The first kappa shape index (κ1) is 24.2. The Labute approximate surface area is 214 Å². The maximum Gasteiger partial charge on any atom is 0.166 e. The fraction of sp³-hybridized carbons (Fsp3) is 0.370. The highest BCUT2D eigenvalue weighted by Crippen LogP contribution is 2.43. The van der Waals surface area contributed by atoms with Crippen molar-refractivity contribution in [2.45, 2.75) is 63.2 Å². The summed E-state index contributed by atoms with van der Waals surface area (Å²) in [6.07, 6.45) is 7.07. The Morgan fingerprint density at radius 3 is 2.66 bits per heavy atom. The summed E-state index contributed by atoms with van der Waals surface area (Å²) >= 11 is 12.4. The quantitative estimate of drug-likeness (QED) is 0.370. The molecule has 1 aromatic heterocycles. The molecule has 0 amide bonds. The van der Waals surface area contributed by atoms with E-state index in [2.05, 4.69) is 11.1 Å². The number of hydrogen-bond donors (Lipinski definition) is 2. The molecule has 35 heavy (non-hydrogen) atoms. The van der Waals surface area contributed by atoms with Gasteiger partial charge in [-0.3, -0.25) is 0 Å². The third-order valence-electron chi connectivity index (χ3n) is 7.18. The summed E-state index contributed by atoms with van der Waals surface area (Å²) in [5.74, 6) is 0.982. The van der Waals surface area contributed by atoms with E-state index in [9.17, 15) is 4.39 Å². The average molecular weight is 516 g/mol. The van der Waals surface area contributed by atoms with E-state index in [1.165, 1.54) is 17.7 Å². The summed E-state index contributed by atoms with van der Waals surface area (Å²) in [4.78, 5) is 4.32. The van der Waals surface area contributed by atoms with Gasteiger partial charge in [0.1, 0.15) is 23.3 Å². The number of rotatable bonds is 4. The molecular formula is C27H28Cl2FN3O2. The lowest BCUT2D eigenvalue weighted by Gasteiger charge is -2.43. The number of halogens is 3. The van der Waals surface area contributed by atoms with Crippen LogP contribution in [0.4, 0.5) is 10.2 Å². The van der Waals surface area contributed by atoms with Crippen LogP contribution in [-0.2, 0) is 6.42 Å². The SMILES string of the molecule is C[C@@H](Oc1cc(-c2ccc3c(c2)CCC2(CCC(N)CC2)O3)cnc1N)c1c(Cl)ccc(F)c1Cl. The topological polar surface area (TPSA) is 83.4 Å². The molecule has 2 heterocycles. The van der Waals surface area contributed by atoms with E-state index >= 15 is 0 Å². The normalized spacial score (nSPS) is 22.4. The van der Waals surface area contributed by atoms with Crippen LogP contribution in [0.1, 0.15) is 56.3 Å². The summed E-state index contributed by atoms with van der Waals surface area (Å²) in [6, 6.07) is 11.0. The minimum Gasteiger partial charge on any atom is -0.487 e. The van der Waals surface area contributed by atoms with Gasteiger partial charge in [-0.2, -0.15) is 0 Å². The number of nitrogens with two attached hydrogens (primary N) is 2. The van der Waals surface area contributed by atoms with Crippen molar-refractivity contribution in [3.05, 3.63) is 69.6 Å². The zero-order valence-electron chi connectivity index (χ0n) is 19.5. The van der Waals surface area contributed by atoms with Gasteiger partial charge in [0.2, 0.25) is 0 Å². The number of ether oxygens (including phenoxy) is 2. The molecule has 1 spiro atoms. The summed E-state index contributed by atoms with van der Waals surface area (Å²) in [7, 11) is 0. The fourth-order valence-corrected chi connectivity index (χ4v) is 5.77. The fourth-order valence-electron chi connectivity index (χ4n) is 5.09. The Kier molecular flexibility index (Phi) is 6.55. The monoisotopic (exact) mass is 515 g/mol. The van der Waals surface area contributed by atoms with Crippen LogP contribution in [0.5, 0.6) is 11.5 Å². The van der Waals surface area contributed by atoms with Crippen LogP contribution in [0.25, 0.3) is 11.1 Å². The zero-order chi connectivity index (χ0) is 24.7. The predicted molar refractivity (Wildman–Crippen MR) is 138 cm³/mol. The second-order valence-electron chi connectivity index (χ2n) is 9.57. The molecule has 0 bridgehead atoms. The Morgan fingerprint density at radius 1 is 1.11 bits per heavy atom. The van der Waals surface area contributed by atoms with E-state index in [1.54, 1.807) is 13.1 Å². The minimum absolute atomic E-state index is 0.0694. The van der Waals surface area contributed by atoms with Crippen molar-refractivity contribution >= 4 is 29.0 Å². The lowest BCUT2D eigenvalue weighted by atomic mass is 9.77. The number of anilines is 1. The minimum atomic E-state index is -0.637. The number of fused-ring (bicyclic) bond motifs is 1. The van der Waals surface area contributed by atoms with Crippen LogP contribution in [0.3, 0.4) is 0 Å². The van der Waals surface area contributed by atoms with E-state index in [0.29, 0.717) is 16.3 Å². The van der Waals surface area contributed by atoms with Gasteiger partial charge in [0.25, 0.3) is 0 Å². The van der Waals surface area contributed by atoms with Crippen LogP contribution >= 0.6 is 23.2 Å². The maximum atomic E-state index is 14.0. The molecule has 2 aromatic carbocycles. The number of nitrogens with zero attached hydrogens (tertiary/aromatic N) is 1. The molecule has 0 saturated heterocycles. The summed E-state index contributed by atoms with van der Waals surface area (Å²) in [5, 5.41) is 0.249. The lowest BCUT2D eigenvalue weighted by Crippen LogP contribution is -2.45. The Morgan fingerprint density at radius 2 is 1.89 bits per heavy atom. The van der Waals surface area contributed by atoms with Gasteiger partial charge in [-0.15, -0.1) is 0 Å². The van der Waals surface area contributed by atoms with Crippen LogP contribution in [0.2, 0.25) is 10.0 Å².